The Morgan fingerprint density at radius 2 is 1.86 bits per heavy atom. The molecule has 1 saturated heterocycles. The van der Waals surface area contributed by atoms with E-state index in [1.165, 1.54) is 7.11 Å². The fourth-order valence-corrected chi connectivity index (χ4v) is 4.38. The number of nitrogens with zero attached hydrogens (tertiary/aromatic N) is 1. The molecule has 1 aliphatic heterocycles. The molecule has 118 valence electrons. The van der Waals surface area contributed by atoms with Crippen molar-refractivity contribution in [3.8, 4) is 5.75 Å². The van der Waals surface area contributed by atoms with Crippen LogP contribution in [0.25, 0.3) is 0 Å². The van der Waals surface area contributed by atoms with E-state index in [0.717, 1.165) is 31.2 Å². The number of methoxy groups -OCH3 is 1. The third-order valence-electron chi connectivity index (χ3n) is 3.79. The minimum atomic E-state index is -3.49. The predicted octanol–water partition coefficient (Wildman–Crippen LogP) is 1.98. The molecule has 5 nitrogen and oxygen atoms in total. The van der Waals surface area contributed by atoms with Gasteiger partial charge in [-0.3, -0.25) is 0 Å². The maximum atomic E-state index is 12.9. The largest absolute Gasteiger partial charge is 0.495 e. The second kappa shape index (κ2) is 7.24. The van der Waals surface area contributed by atoms with Gasteiger partial charge in [0.15, 0.2) is 0 Å². The molecule has 6 heteroatoms. The molecule has 0 amide bonds. The van der Waals surface area contributed by atoms with Gasteiger partial charge in [-0.05, 0) is 37.6 Å². The van der Waals surface area contributed by atoms with Crippen molar-refractivity contribution in [1.82, 2.24) is 9.62 Å². The molecule has 1 aromatic carbocycles. The number of ether oxygens (including phenoxy) is 1. The van der Waals surface area contributed by atoms with Crippen LogP contribution in [0.1, 0.15) is 31.2 Å². The van der Waals surface area contributed by atoms with E-state index in [4.69, 9.17) is 4.74 Å². The molecular weight excluding hydrogens is 288 g/mol. The maximum Gasteiger partial charge on any atom is 0.246 e. The molecule has 0 spiro atoms. The van der Waals surface area contributed by atoms with Crippen LogP contribution in [0, 0.1) is 0 Å². The van der Waals surface area contributed by atoms with Gasteiger partial charge in [0.2, 0.25) is 10.0 Å². The van der Waals surface area contributed by atoms with E-state index < -0.39 is 10.0 Å². The molecule has 0 radical (unpaired) electrons. The van der Waals surface area contributed by atoms with Crippen molar-refractivity contribution in [2.75, 3.05) is 27.2 Å². The van der Waals surface area contributed by atoms with Gasteiger partial charge in [-0.25, -0.2) is 8.42 Å². The van der Waals surface area contributed by atoms with Gasteiger partial charge in [0.25, 0.3) is 0 Å². The van der Waals surface area contributed by atoms with Crippen LogP contribution in [0.4, 0.5) is 0 Å². The van der Waals surface area contributed by atoms with Crippen LogP contribution in [0.3, 0.4) is 0 Å². The van der Waals surface area contributed by atoms with Gasteiger partial charge in [-0.2, -0.15) is 4.31 Å². The summed E-state index contributed by atoms with van der Waals surface area (Å²) in [6, 6.07) is 5.34. The summed E-state index contributed by atoms with van der Waals surface area (Å²) in [5.74, 6) is 0.416. The van der Waals surface area contributed by atoms with E-state index in [0.29, 0.717) is 25.4 Å². The van der Waals surface area contributed by atoms with Crippen LogP contribution in [-0.4, -0.2) is 40.0 Å². The molecule has 0 bridgehead atoms. The molecule has 1 N–H and O–H groups in total. The first-order valence-corrected chi connectivity index (χ1v) is 8.85. The van der Waals surface area contributed by atoms with Gasteiger partial charge in [0.05, 0.1) is 7.11 Å². The first-order chi connectivity index (χ1) is 10.1. The second-order valence-corrected chi connectivity index (χ2v) is 7.24. The van der Waals surface area contributed by atoms with Gasteiger partial charge < -0.3 is 10.1 Å². The summed E-state index contributed by atoms with van der Waals surface area (Å²) in [6.45, 7) is 1.83. The zero-order chi connectivity index (χ0) is 15.3. The van der Waals surface area contributed by atoms with E-state index in [-0.39, 0.29) is 4.90 Å². The predicted molar refractivity (Wildman–Crippen MR) is 83.0 cm³/mol. The quantitative estimate of drug-likeness (QED) is 0.903. The van der Waals surface area contributed by atoms with Crippen molar-refractivity contribution in [3.63, 3.8) is 0 Å². The average Bonchev–Trinajstić information content (AvgIpc) is 2.77. The number of hydrogen-bond donors (Lipinski definition) is 1. The van der Waals surface area contributed by atoms with Crippen molar-refractivity contribution in [2.45, 2.75) is 37.1 Å². The summed E-state index contributed by atoms with van der Waals surface area (Å²) in [5, 5.41) is 3.04. The minimum absolute atomic E-state index is 0.277. The van der Waals surface area contributed by atoms with Crippen LogP contribution in [0.2, 0.25) is 0 Å². The number of sulfonamides is 1. The number of hydrogen-bond acceptors (Lipinski definition) is 4. The third kappa shape index (κ3) is 3.75. The lowest BCUT2D eigenvalue weighted by Crippen LogP contribution is -2.32. The zero-order valence-electron chi connectivity index (χ0n) is 12.8. The summed E-state index contributed by atoms with van der Waals surface area (Å²) in [4.78, 5) is 0.277. The molecule has 0 aliphatic carbocycles. The molecule has 1 aromatic rings. The first-order valence-electron chi connectivity index (χ1n) is 7.41. The van der Waals surface area contributed by atoms with Crippen molar-refractivity contribution >= 4 is 10.0 Å². The maximum absolute atomic E-state index is 12.9. The molecule has 0 unspecified atom stereocenters. The van der Waals surface area contributed by atoms with Gasteiger partial charge in [-0.1, -0.05) is 18.9 Å². The van der Waals surface area contributed by atoms with Crippen molar-refractivity contribution in [3.05, 3.63) is 23.8 Å². The topological polar surface area (TPSA) is 58.6 Å². The Kier molecular flexibility index (Phi) is 5.61. The van der Waals surface area contributed by atoms with Crippen molar-refractivity contribution in [2.24, 2.45) is 0 Å². The number of nitrogens with one attached hydrogen (secondary N) is 1. The summed E-state index contributed by atoms with van der Waals surface area (Å²) >= 11 is 0. The van der Waals surface area contributed by atoms with Crippen LogP contribution in [-0.2, 0) is 16.6 Å². The van der Waals surface area contributed by atoms with Gasteiger partial charge in [-0.15, -0.1) is 0 Å². The smallest absolute Gasteiger partial charge is 0.246 e. The molecule has 21 heavy (non-hydrogen) atoms. The Bertz CT molecular complexity index is 564. The zero-order valence-corrected chi connectivity index (χ0v) is 13.6. The molecule has 1 heterocycles. The van der Waals surface area contributed by atoms with E-state index in [9.17, 15) is 8.42 Å². The fourth-order valence-electron chi connectivity index (χ4n) is 2.66. The van der Waals surface area contributed by atoms with Crippen molar-refractivity contribution in [1.29, 1.82) is 0 Å². The van der Waals surface area contributed by atoms with Gasteiger partial charge in [0.1, 0.15) is 10.6 Å². The van der Waals surface area contributed by atoms with Gasteiger partial charge >= 0.3 is 0 Å². The highest BCUT2D eigenvalue weighted by molar-refractivity contribution is 7.89. The molecule has 1 fully saturated rings. The minimum Gasteiger partial charge on any atom is -0.495 e. The molecule has 0 atom stereocenters. The Labute approximate surface area is 127 Å². The van der Waals surface area contributed by atoms with E-state index in [2.05, 4.69) is 5.32 Å². The average molecular weight is 312 g/mol. The molecule has 2 rings (SSSR count). The normalized spacial score (nSPS) is 17.4. The summed E-state index contributed by atoms with van der Waals surface area (Å²) in [5.41, 5.74) is 0.937. The SMILES string of the molecule is CNCc1ccc(OC)c(S(=O)(=O)N2CCCCCC2)c1. The van der Waals surface area contributed by atoms with Crippen LogP contribution in [0.15, 0.2) is 23.1 Å². The van der Waals surface area contributed by atoms with E-state index >= 15 is 0 Å². The summed E-state index contributed by atoms with van der Waals surface area (Å²) in [7, 11) is -0.139. The third-order valence-corrected chi connectivity index (χ3v) is 5.71. The Morgan fingerprint density at radius 3 is 2.43 bits per heavy atom. The lowest BCUT2D eigenvalue weighted by Gasteiger charge is -2.21. The standard InChI is InChI=1S/C15H24N2O3S/c1-16-12-13-7-8-14(20-2)15(11-13)21(18,19)17-9-5-3-4-6-10-17/h7-8,11,16H,3-6,9-10,12H2,1-2H3. The summed E-state index contributed by atoms with van der Waals surface area (Å²) < 4.78 is 32.7. The number of benzene rings is 1. The van der Waals surface area contributed by atoms with Crippen molar-refractivity contribution < 1.29 is 13.2 Å². The molecule has 0 saturated carbocycles. The Hall–Kier alpha value is -1.11. The van der Waals surface area contributed by atoms with E-state index in [1.54, 1.807) is 16.4 Å². The highest BCUT2D eigenvalue weighted by Gasteiger charge is 2.28. The highest BCUT2D eigenvalue weighted by atomic mass is 32.2. The van der Waals surface area contributed by atoms with Crippen LogP contribution in [0.5, 0.6) is 5.75 Å². The lowest BCUT2D eigenvalue weighted by molar-refractivity contribution is 0.391. The monoisotopic (exact) mass is 312 g/mol. The second-order valence-electron chi connectivity index (χ2n) is 5.33. The van der Waals surface area contributed by atoms with Crippen LogP contribution < -0.4 is 10.1 Å². The Balaban J connectivity index is 2.38. The van der Waals surface area contributed by atoms with Crippen LogP contribution >= 0.6 is 0 Å². The molecule has 0 aromatic heterocycles. The lowest BCUT2D eigenvalue weighted by atomic mass is 10.2. The van der Waals surface area contributed by atoms with Gasteiger partial charge in [0, 0.05) is 19.6 Å². The first kappa shape index (κ1) is 16.3. The van der Waals surface area contributed by atoms with E-state index in [1.807, 2.05) is 13.1 Å². The molecule has 1 aliphatic rings. The Morgan fingerprint density at radius 1 is 1.19 bits per heavy atom. The fraction of sp³-hybridized carbons (Fsp3) is 0.600. The number of rotatable bonds is 5. The summed E-state index contributed by atoms with van der Waals surface area (Å²) in [6.07, 6.45) is 4.06. The highest BCUT2D eigenvalue weighted by Crippen LogP contribution is 2.29. The molecular formula is C15H24N2O3S.